The standard InChI is InChI=1S/C9H18N2O2S/c12-14(13)6-2-1-5-11(14)8-9-3-4-10-7-9/h9-10H,1-8H2. The molecule has 2 aliphatic heterocycles. The predicted octanol–water partition coefficient (Wildman–Crippen LogP) is 0.0215. The average Bonchev–Trinajstić information content (AvgIpc) is 2.61. The Bertz CT molecular complexity index is 283. The lowest BCUT2D eigenvalue weighted by Gasteiger charge is -2.28. The van der Waals surface area contributed by atoms with Gasteiger partial charge in [-0.25, -0.2) is 12.7 Å². The summed E-state index contributed by atoms with van der Waals surface area (Å²) in [6.07, 6.45) is 2.98. The molecule has 1 unspecified atom stereocenters. The van der Waals surface area contributed by atoms with Crippen molar-refractivity contribution in [2.75, 3.05) is 31.9 Å². The van der Waals surface area contributed by atoms with Gasteiger partial charge in [-0.15, -0.1) is 0 Å². The molecule has 0 spiro atoms. The fourth-order valence-corrected chi connectivity index (χ4v) is 3.88. The lowest BCUT2D eigenvalue weighted by Crippen LogP contribution is -2.41. The first-order valence-electron chi connectivity index (χ1n) is 5.37. The van der Waals surface area contributed by atoms with Crippen LogP contribution in [-0.2, 0) is 10.0 Å². The summed E-state index contributed by atoms with van der Waals surface area (Å²) in [7, 11) is -2.91. The van der Waals surface area contributed by atoms with Gasteiger partial charge >= 0.3 is 0 Å². The van der Waals surface area contributed by atoms with E-state index in [1.165, 1.54) is 0 Å². The number of hydrogen-bond donors (Lipinski definition) is 1. The SMILES string of the molecule is O=S1(=O)CCCCN1CC1CCNC1. The molecule has 0 radical (unpaired) electrons. The van der Waals surface area contributed by atoms with E-state index >= 15 is 0 Å². The Balaban J connectivity index is 1.94. The van der Waals surface area contributed by atoms with Crippen LogP contribution < -0.4 is 5.32 Å². The number of nitrogens with zero attached hydrogens (tertiary/aromatic N) is 1. The van der Waals surface area contributed by atoms with Gasteiger partial charge in [-0.05, 0) is 38.3 Å². The third kappa shape index (κ3) is 2.27. The van der Waals surface area contributed by atoms with Crippen molar-refractivity contribution in [2.24, 2.45) is 5.92 Å². The van der Waals surface area contributed by atoms with Crippen LogP contribution in [-0.4, -0.2) is 44.7 Å². The first kappa shape index (κ1) is 10.4. The summed E-state index contributed by atoms with van der Waals surface area (Å²) in [5.41, 5.74) is 0. The Kier molecular flexibility index (Phi) is 3.09. The van der Waals surface area contributed by atoms with Crippen LogP contribution in [0.5, 0.6) is 0 Å². The topological polar surface area (TPSA) is 49.4 Å². The number of rotatable bonds is 2. The molecule has 1 N–H and O–H groups in total. The van der Waals surface area contributed by atoms with Gasteiger partial charge in [-0.1, -0.05) is 0 Å². The quantitative estimate of drug-likeness (QED) is 0.711. The summed E-state index contributed by atoms with van der Waals surface area (Å²) in [6.45, 7) is 3.48. The zero-order valence-corrected chi connectivity index (χ0v) is 9.22. The van der Waals surface area contributed by atoms with Gasteiger partial charge in [0, 0.05) is 13.1 Å². The summed E-state index contributed by atoms with van der Waals surface area (Å²) < 4.78 is 25.0. The van der Waals surface area contributed by atoms with Gasteiger partial charge in [-0.2, -0.15) is 0 Å². The maximum absolute atomic E-state index is 11.7. The van der Waals surface area contributed by atoms with Gasteiger partial charge in [-0.3, -0.25) is 0 Å². The molecule has 14 heavy (non-hydrogen) atoms. The summed E-state index contributed by atoms with van der Waals surface area (Å²) in [4.78, 5) is 0. The van der Waals surface area contributed by atoms with E-state index in [4.69, 9.17) is 0 Å². The first-order valence-corrected chi connectivity index (χ1v) is 6.98. The van der Waals surface area contributed by atoms with Gasteiger partial charge in [0.05, 0.1) is 5.75 Å². The Hall–Kier alpha value is -0.130. The maximum atomic E-state index is 11.7. The minimum atomic E-state index is -2.91. The van der Waals surface area contributed by atoms with E-state index in [0.717, 1.165) is 45.4 Å². The van der Waals surface area contributed by atoms with Crippen LogP contribution >= 0.6 is 0 Å². The lowest BCUT2D eigenvalue weighted by molar-refractivity contribution is 0.335. The Morgan fingerprint density at radius 2 is 2.21 bits per heavy atom. The molecule has 0 amide bonds. The maximum Gasteiger partial charge on any atom is 0.214 e. The molecular weight excluding hydrogens is 200 g/mol. The van der Waals surface area contributed by atoms with Crippen LogP contribution in [0.4, 0.5) is 0 Å². The van der Waals surface area contributed by atoms with Crippen LogP contribution in [0.3, 0.4) is 0 Å². The molecule has 0 saturated carbocycles. The van der Waals surface area contributed by atoms with Crippen molar-refractivity contribution in [3.05, 3.63) is 0 Å². The molecule has 2 heterocycles. The van der Waals surface area contributed by atoms with Gasteiger partial charge in [0.15, 0.2) is 0 Å². The van der Waals surface area contributed by atoms with Crippen LogP contribution in [0.1, 0.15) is 19.3 Å². The van der Waals surface area contributed by atoms with E-state index in [2.05, 4.69) is 5.32 Å². The minimum Gasteiger partial charge on any atom is -0.316 e. The molecular formula is C9H18N2O2S. The zero-order chi connectivity index (χ0) is 10.0. The van der Waals surface area contributed by atoms with Gasteiger partial charge in [0.2, 0.25) is 10.0 Å². The molecule has 2 rings (SSSR count). The highest BCUT2D eigenvalue weighted by Crippen LogP contribution is 2.18. The van der Waals surface area contributed by atoms with Crippen LogP contribution in [0.15, 0.2) is 0 Å². The zero-order valence-electron chi connectivity index (χ0n) is 8.41. The van der Waals surface area contributed by atoms with E-state index in [0.29, 0.717) is 11.7 Å². The lowest BCUT2D eigenvalue weighted by atomic mass is 10.1. The summed E-state index contributed by atoms with van der Waals surface area (Å²) in [5, 5.41) is 3.27. The van der Waals surface area contributed by atoms with Gasteiger partial charge < -0.3 is 5.32 Å². The van der Waals surface area contributed by atoms with Gasteiger partial charge in [0.25, 0.3) is 0 Å². The minimum absolute atomic E-state index is 0.354. The smallest absolute Gasteiger partial charge is 0.214 e. The molecule has 2 aliphatic rings. The molecule has 0 aromatic heterocycles. The van der Waals surface area contributed by atoms with Crippen molar-refractivity contribution in [2.45, 2.75) is 19.3 Å². The van der Waals surface area contributed by atoms with Crippen molar-refractivity contribution in [3.8, 4) is 0 Å². The second kappa shape index (κ2) is 4.16. The fourth-order valence-electron chi connectivity index (χ4n) is 2.20. The molecule has 2 saturated heterocycles. The molecule has 4 nitrogen and oxygen atoms in total. The van der Waals surface area contributed by atoms with Crippen molar-refractivity contribution >= 4 is 10.0 Å². The van der Waals surface area contributed by atoms with E-state index in [1.54, 1.807) is 4.31 Å². The van der Waals surface area contributed by atoms with E-state index < -0.39 is 10.0 Å². The monoisotopic (exact) mass is 218 g/mol. The first-order chi connectivity index (χ1) is 6.68. The molecule has 82 valence electrons. The number of hydrogen-bond acceptors (Lipinski definition) is 3. The van der Waals surface area contributed by atoms with Crippen molar-refractivity contribution in [1.29, 1.82) is 0 Å². The molecule has 0 aromatic carbocycles. The Morgan fingerprint density at radius 3 is 2.86 bits per heavy atom. The molecule has 0 aliphatic carbocycles. The number of nitrogens with one attached hydrogen (secondary N) is 1. The highest BCUT2D eigenvalue weighted by molar-refractivity contribution is 7.89. The summed E-state index contributed by atoms with van der Waals surface area (Å²) in [5.74, 6) is 0.885. The highest BCUT2D eigenvalue weighted by atomic mass is 32.2. The normalized spacial score (nSPS) is 33.3. The molecule has 0 aromatic rings. The van der Waals surface area contributed by atoms with E-state index in [-0.39, 0.29) is 0 Å². The Morgan fingerprint density at radius 1 is 1.36 bits per heavy atom. The van der Waals surface area contributed by atoms with Crippen molar-refractivity contribution < 1.29 is 8.42 Å². The average molecular weight is 218 g/mol. The fraction of sp³-hybridized carbons (Fsp3) is 1.00. The third-order valence-corrected chi connectivity index (χ3v) is 5.00. The second-order valence-corrected chi connectivity index (χ2v) is 6.33. The number of sulfonamides is 1. The third-order valence-electron chi connectivity index (χ3n) is 3.08. The largest absolute Gasteiger partial charge is 0.316 e. The molecule has 0 bridgehead atoms. The summed E-state index contributed by atoms with van der Waals surface area (Å²) in [6, 6.07) is 0. The van der Waals surface area contributed by atoms with Crippen LogP contribution in [0, 0.1) is 5.92 Å². The van der Waals surface area contributed by atoms with Crippen molar-refractivity contribution in [1.82, 2.24) is 9.62 Å². The summed E-state index contributed by atoms with van der Waals surface area (Å²) >= 11 is 0. The highest BCUT2D eigenvalue weighted by Gasteiger charge is 2.28. The predicted molar refractivity (Wildman–Crippen MR) is 55.6 cm³/mol. The molecule has 2 fully saturated rings. The van der Waals surface area contributed by atoms with Crippen LogP contribution in [0.2, 0.25) is 0 Å². The Labute approximate surface area is 85.7 Å². The molecule has 5 heteroatoms. The second-order valence-electron chi connectivity index (χ2n) is 4.24. The van der Waals surface area contributed by atoms with E-state index in [1.807, 2.05) is 0 Å². The van der Waals surface area contributed by atoms with E-state index in [9.17, 15) is 8.42 Å². The van der Waals surface area contributed by atoms with Crippen LogP contribution in [0.25, 0.3) is 0 Å². The van der Waals surface area contributed by atoms with Gasteiger partial charge in [0.1, 0.15) is 0 Å². The molecule has 1 atom stereocenters. The van der Waals surface area contributed by atoms with Crippen molar-refractivity contribution in [3.63, 3.8) is 0 Å².